The van der Waals surface area contributed by atoms with Crippen molar-refractivity contribution in [3.63, 3.8) is 0 Å². The zero-order chi connectivity index (χ0) is 12.4. The van der Waals surface area contributed by atoms with Crippen LogP contribution in [0.4, 0.5) is 0 Å². The van der Waals surface area contributed by atoms with E-state index in [2.05, 4.69) is 15.9 Å². The maximum Gasteiger partial charge on any atom is 0.311 e. The van der Waals surface area contributed by atoms with Crippen LogP contribution >= 0.6 is 27.3 Å². The Morgan fingerprint density at radius 2 is 1.88 bits per heavy atom. The third-order valence-electron chi connectivity index (χ3n) is 2.55. The highest BCUT2D eigenvalue weighted by Crippen LogP contribution is 2.32. The molecule has 1 aromatic carbocycles. The van der Waals surface area contributed by atoms with Gasteiger partial charge in [-0.05, 0) is 36.8 Å². The van der Waals surface area contributed by atoms with Crippen LogP contribution in [0, 0.1) is 0 Å². The molecule has 0 aliphatic rings. The van der Waals surface area contributed by atoms with E-state index in [-0.39, 0.29) is 0 Å². The van der Waals surface area contributed by atoms with Gasteiger partial charge in [0, 0.05) is 14.2 Å². The summed E-state index contributed by atoms with van der Waals surface area (Å²) in [4.78, 5) is 12.9. The van der Waals surface area contributed by atoms with Crippen LogP contribution in [0.15, 0.2) is 40.9 Å². The first-order valence-corrected chi connectivity index (χ1v) is 6.77. The van der Waals surface area contributed by atoms with Crippen molar-refractivity contribution in [1.82, 2.24) is 0 Å². The van der Waals surface area contributed by atoms with E-state index >= 15 is 0 Å². The first-order valence-electron chi connectivity index (χ1n) is 5.16. The fraction of sp³-hybridized carbons (Fsp3) is 0.154. The minimum Gasteiger partial charge on any atom is -0.481 e. The van der Waals surface area contributed by atoms with E-state index in [1.54, 1.807) is 6.92 Å². The highest BCUT2D eigenvalue weighted by atomic mass is 79.9. The van der Waals surface area contributed by atoms with Gasteiger partial charge in [0.15, 0.2) is 0 Å². The number of rotatable bonds is 3. The molecule has 2 rings (SSSR count). The number of hydrogen-bond donors (Lipinski definition) is 1. The van der Waals surface area contributed by atoms with Gasteiger partial charge in [-0.2, -0.15) is 0 Å². The molecule has 1 aromatic heterocycles. The van der Waals surface area contributed by atoms with E-state index in [4.69, 9.17) is 5.11 Å². The van der Waals surface area contributed by atoms with Crippen LogP contribution in [0.2, 0.25) is 0 Å². The Morgan fingerprint density at radius 3 is 2.47 bits per heavy atom. The number of thiophene rings is 1. The number of carboxylic acids is 1. The first-order chi connectivity index (χ1) is 8.08. The molecule has 0 aliphatic heterocycles. The fourth-order valence-electron chi connectivity index (χ4n) is 1.48. The summed E-state index contributed by atoms with van der Waals surface area (Å²) in [5.41, 5.74) is 1.11. The van der Waals surface area contributed by atoms with Crippen molar-refractivity contribution in [2.75, 3.05) is 0 Å². The molecule has 0 bridgehead atoms. The normalized spacial score (nSPS) is 12.4. The van der Waals surface area contributed by atoms with E-state index < -0.39 is 11.9 Å². The highest BCUT2D eigenvalue weighted by molar-refractivity contribution is 9.10. The third-order valence-corrected chi connectivity index (χ3v) is 4.40. The molecule has 1 N–H and O–H groups in total. The second kappa shape index (κ2) is 5.02. The summed E-state index contributed by atoms with van der Waals surface area (Å²) in [7, 11) is 0. The molecule has 4 heteroatoms. The van der Waals surface area contributed by atoms with Crippen molar-refractivity contribution in [2.45, 2.75) is 12.8 Å². The van der Waals surface area contributed by atoms with Crippen LogP contribution in [-0.2, 0) is 4.79 Å². The van der Waals surface area contributed by atoms with Gasteiger partial charge in [-0.15, -0.1) is 11.3 Å². The lowest BCUT2D eigenvalue weighted by atomic mass is 10.1. The lowest BCUT2D eigenvalue weighted by molar-refractivity contribution is -0.138. The monoisotopic (exact) mass is 310 g/mol. The molecule has 0 aliphatic carbocycles. The number of aliphatic carboxylic acids is 1. The molecule has 2 nitrogen and oxygen atoms in total. The van der Waals surface area contributed by atoms with Crippen molar-refractivity contribution in [3.05, 3.63) is 45.7 Å². The lowest BCUT2D eigenvalue weighted by Gasteiger charge is -2.01. The summed E-state index contributed by atoms with van der Waals surface area (Å²) < 4.78 is 1.04. The van der Waals surface area contributed by atoms with Gasteiger partial charge in [0.25, 0.3) is 0 Å². The van der Waals surface area contributed by atoms with E-state index in [0.29, 0.717) is 0 Å². The number of carboxylic acid groups (broad SMARTS) is 1. The van der Waals surface area contributed by atoms with E-state index in [9.17, 15) is 4.79 Å². The average molecular weight is 311 g/mol. The molecule has 0 fully saturated rings. The van der Waals surface area contributed by atoms with Gasteiger partial charge in [0.1, 0.15) is 0 Å². The molecule has 0 radical (unpaired) electrons. The Hall–Kier alpha value is -1.13. The zero-order valence-corrected chi connectivity index (χ0v) is 11.6. The van der Waals surface area contributed by atoms with Gasteiger partial charge in [-0.1, -0.05) is 28.1 Å². The molecular formula is C13H11BrO2S. The number of hydrogen-bond acceptors (Lipinski definition) is 2. The van der Waals surface area contributed by atoms with Gasteiger partial charge in [-0.3, -0.25) is 4.79 Å². The van der Waals surface area contributed by atoms with E-state index in [1.165, 1.54) is 11.3 Å². The molecule has 1 atom stereocenters. The molecule has 0 amide bonds. The Labute approximate surface area is 112 Å². The second-order valence-electron chi connectivity index (χ2n) is 3.77. The summed E-state index contributed by atoms with van der Waals surface area (Å²) in [6, 6.07) is 11.9. The molecule has 88 valence electrons. The third kappa shape index (κ3) is 2.76. The van der Waals surface area contributed by atoms with E-state index in [1.807, 2.05) is 36.4 Å². The zero-order valence-electron chi connectivity index (χ0n) is 9.18. The minimum atomic E-state index is -0.783. The summed E-state index contributed by atoms with van der Waals surface area (Å²) in [6.07, 6.45) is 0. The Kier molecular flexibility index (Phi) is 3.64. The van der Waals surface area contributed by atoms with Gasteiger partial charge in [0.05, 0.1) is 5.92 Å². The summed E-state index contributed by atoms with van der Waals surface area (Å²) >= 11 is 4.92. The molecule has 0 spiro atoms. The molecule has 0 saturated heterocycles. The molecule has 17 heavy (non-hydrogen) atoms. The maximum atomic E-state index is 10.9. The van der Waals surface area contributed by atoms with E-state index in [0.717, 1.165) is 19.8 Å². The van der Waals surface area contributed by atoms with Crippen molar-refractivity contribution >= 4 is 33.2 Å². The van der Waals surface area contributed by atoms with Crippen molar-refractivity contribution in [1.29, 1.82) is 0 Å². The van der Waals surface area contributed by atoms with Crippen molar-refractivity contribution in [3.8, 4) is 10.4 Å². The number of carbonyl (C=O) groups is 1. The first kappa shape index (κ1) is 12.3. The predicted octanol–water partition coefficient (Wildman–Crippen LogP) is 4.37. The van der Waals surface area contributed by atoms with Crippen LogP contribution in [0.25, 0.3) is 10.4 Å². The Bertz CT molecular complexity index is 531. The maximum absolute atomic E-state index is 10.9. The molecule has 2 aromatic rings. The number of benzene rings is 1. The largest absolute Gasteiger partial charge is 0.481 e. The summed E-state index contributed by atoms with van der Waals surface area (Å²) in [5, 5.41) is 8.95. The molecule has 1 heterocycles. The van der Waals surface area contributed by atoms with Gasteiger partial charge < -0.3 is 5.11 Å². The van der Waals surface area contributed by atoms with Crippen LogP contribution in [0.5, 0.6) is 0 Å². The average Bonchev–Trinajstić information content (AvgIpc) is 2.78. The minimum absolute atomic E-state index is 0.441. The summed E-state index contributed by atoms with van der Waals surface area (Å²) in [5.74, 6) is -1.22. The van der Waals surface area contributed by atoms with Crippen LogP contribution in [0.3, 0.4) is 0 Å². The Morgan fingerprint density at radius 1 is 1.24 bits per heavy atom. The van der Waals surface area contributed by atoms with Gasteiger partial charge in [-0.25, -0.2) is 0 Å². The summed E-state index contributed by atoms with van der Waals surface area (Å²) in [6.45, 7) is 1.71. The fourth-order valence-corrected chi connectivity index (χ4v) is 2.80. The predicted molar refractivity (Wildman–Crippen MR) is 73.5 cm³/mol. The van der Waals surface area contributed by atoms with Crippen molar-refractivity contribution in [2.24, 2.45) is 0 Å². The van der Waals surface area contributed by atoms with Crippen LogP contribution in [0.1, 0.15) is 17.7 Å². The highest BCUT2D eigenvalue weighted by Gasteiger charge is 2.16. The standard InChI is InChI=1S/C13H11BrO2S/c1-8(13(15)16)11-6-7-12(17-11)9-2-4-10(14)5-3-9/h2-8H,1H3,(H,15,16). The topological polar surface area (TPSA) is 37.3 Å². The quantitative estimate of drug-likeness (QED) is 0.914. The second-order valence-corrected chi connectivity index (χ2v) is 5.80. The SMILES string of the molecule is CC(C(=O)O)c1ccc(-c2ccc(Br)cc2)s1. The molecule has 1 unspecified atom stereocenters. The van der Waals surface area contributed by atoms with Crippen molar-refractivity contribution < 1.29 is 9.90 Å². The van der Waals surface area contributed by atoms with Gasteiger partial charge in [0.2, 0.25) is 0 Å². The van der Waals surface area contributed by atoms with Crippen LogP contribution < -0.4 is 0 Å². The number of halogens is 1. The molecular weight excluding hydrogens is 300 g/mol. The Balaban J connectivity index is 2.29. The molecule has 0 saturated carbocycles. The lowest BCUT2D eigenvalue weighted by Crippen LogP contribution is -2.04. The van der Waals surface area contributed by atoms with Gasteiger partial charge >= 0.3 is 5.97 Å². The smallest absolute Gasteiger partial charge is 0.311 e. The van der Waals surface area contributed by atoms with Crippen LogP contribution in [-0.4, -0.2) is 11.1 Å².